The van der Waals surface area contributed by atoms with E-state index in [0.29, 0.717) is 18.8 Å². The summed E-state index contributed by atoms with van der Waals surface area (Å²) in [7, 11) is 0. The predicted molar refractivity (Wildman–Crippen MR) is 104 cm³/mol. The minimum Gasteiger partial charge on any atom is -0.335 e. The Morgan fingerprint density at radius 3 is 2.56 bits per heavy atom. The summed E-state index contributed by atoms with van der Waals surface area (Å²) in [5, 5.41) is 7.21. The van der Waals surface area contributed by atoms with Crippen LogP contribution in [-0.2, 0) is 6.54 Å². The first kappa shape index (κ1) is 17.4. The largest absolute Gasteiger partial charge is 0.335 e. The van der Waals surface area contributed by atoms with Gasteiger partial charge in [0.2, 0.25) is 0 Å². The smallest absolute Gasteiger partial charge is 0.271 e. The normalized spacial score (nSPS) is 15.1. The number of rotatable bonds is 4. The van der Waals surface area contributed by atoms with Gasteiger partial charge in [-0.1, -0.05) is 35.9 Å². The molecule has 1 aromatic carbocycles. The molecule has 4 rings (SSSR count). The van der Waals surface area contributed by atoms with E-state index in [9.17, 15) is 4.79 Å². The zero-order valence-corrected chi connectivity index (χ0v) is 15.4. The van der Waals surface area contributed by atoms with Crippen molar-refractivity contribution >= 4 is 5.91 Å². The summed E-state index contributed by atoms with van der Waals surface area (Å²) in [5.41, 5.74) is 4.62. The summed E-state index contributed by atoms with van der Waals surface area (Å²) in [5.74, 6) is 0.0124. The highest BCUT2D eigenvalue weighted by Gasteiger charge is 2.23. The molecule has 3 heterocycles. The molecular weight excluding hydrogens is 338 g/mol. The summed E-state index contributed by atoms with van der Waals surface area (Å²) in [4.78, 5) is 21.4. The van der Waals surface area contributed by atoms with Gasteiger partial charge in [-0.3, -0.25) is 19.8 Å². The van der Waals surface area contributed by atoms with E-state index in [-0.39, 0.29) is 5.91 Å². The molecule has 6 nitrogen and oxygen atoms in total. The summed E-state index contributed by atoms with van der Waals surface area (Å²) in [6.07, 6.45) is 1.82. The molecule has 138 valence electrons. The molecule has 0 saturated carbocycles. The Labute approximate surface area is 158 Å². The molecule has 0 unspecified atom stereocenters. The van der Waals surface area contributed by atoms with Crippen LogP contribution < -0.4 is 0 Å². The molecule has 1 amide bonds. The number of amides is 1. The maximum atomic E-state index is 12.8. The summed E-state index contributed by atoms with van der Waals surface area (Å²) in [6.45, 7) is 6.00. The molecule has 0 aliphatic carbocycles. The van der Waals surface area contributed by atoms with Crippen molar-refractivity contribution in [3.05, 3.63) is 71.7 Å². The molecule has 27 heavy (non-hydrogen) atoms. The first-order valence-electron chi connectivity index (χ1n) is 9.23. The maximum absolute atomic E-state index is 12.8. The first-order valence-corrected chi connectivity index (χ1v) is 9.23. The summed E-state index contributed by atoms with van der Waals surface area (Å²) in [6, 6.07) is 16.0. The molecule has 0 radical (unpaired) electrons. The monoisotopic (exact) mass is 361 g/mol. The van der Waals surface area contributed by atoms with Crippen LogP contribution in [0.1, 0.15) is 21.7 Å². The third kappa shape index (κ3) is 4.06. The fourth-order valence-electron chi connectivity index (χ4n) is 3.30. The van der Waals surface area contributed by atoms with E-state index in [0.717, 1.165) is 36.6 Å². The molecule has 1 aliphatic rings. The maximum Gasteiger partial charge on any atom is 0.271 e. The minimum absolute atomic E-state index is 0.0124. The highest BCUT2D eigenvalue weighted by atomic mass is 16.2. The first-order chi connectivity index (χ1) is 13.2. The number of carbonyl (C=O) groups is 1. The number of aromatic nitrogens is 3. The van der Waals surface area contributed by atoms with Crippen molar-refractivity contribution in [3.8, 4) is 11.3 Å². The molecule has 6 heteroatoms. The van der Waals surface area contributed by atoms with Gasteiger partial charge in [-0.25, -0.2) is 0 Å². The molecule has 1 fully saturated rings. The lowest BCUT2D eigenvalue weighted by molar-refractivity contribution is 0.0621. The van der Waals surface area contributed by atoms with Crippen LogP contribution in [0.5, 0.6) is 0 Å². The van der Waals surface area contributed by atoms with Gasteiger partial charge in [-0.15, -0.1) is 0 Å². The van der Waals surface area contributed by atoms with Crippen molar-refractivity contribution in [2.24, 2.45) is 0 Å². The standard InChI is InChI=1S/C21H23N5O/c1-16-5-7-17(8-6-16)19-14-20(24-23-19)21(27)26-12-10-25(11-13-26)15-18-4-2-3-9-22-18/h2-9,14H,10-13,15H2,1H3,(H,23,24). The van der Waals surface area contributed by atoms with Gasteiger partial charge in [-0.2, -0.15) is 5.10 Å². The summed E-state index contributed by atoms with van der Waals surface area (Å²) < 4.78 is 0. The van der Waals surface area contributed by atoms with Crippen molar-refractivity contribution in [1.29, 1.82) is 0 Å². The van der Waals surface area contributed by atoms with Gasteiger partial charge < -0.3 is 4.90 Å². The highest BCUT2D eigenvalue weighted by molar-refractivity contribution is 5.93. The van der Waals surface area contributed by atoms with Crippen LogP contribution in [0.15, 0.2) is 54.7 Å². The van der Waals surface area contributed by atoms with Gasteiger partial charge in [0.1, 0.15) is 5.69 Å². The predicted octanol–water partition coefficient (Wildman–Crippen LogP) is 2.74. The van der Waals surface area contributed by atoms with Gasteiger partial charge in [-0.05, 0) is 25.1 Å². The third-order valence-corrected chi connectivity index (χ3v) is 4.93. The van der Waals surface area contributed by atoms with E-state index in [4.69, 9.17) is 0 Å². The van der Waals surface area contributed by atoms with Gasteiger partial charge in [0.25, 0.3) is 5.91 Å². The van der Waals surface area contributed by atoms with Gasteiger partial charge in [0.05, 0.1) is 11.4 Å². The molecule has 0 atom stereocenters. The van der Waals surface area contributed by atoms with Gasteiger partial charge in [0, 0.05) is 44.5 Å². The Hall–Kier alpha value is -2.99. The number of hydrogen-bond donors (Lipinski definition) is 1. The minimum atomic E-state index is 0.0124. The third-order valence-electron chi connectivity index (χ3n) is 4.93. The number of aromatic amines is 1. The molecule has 2 aromatic heterocycles. The number of piperazine rings is 1. The lowest BCUT2D eigenvalue weighted by atomic mass is 10.1. The quantitative estimate of drug-likeness (QED) is 0.776. The zero-order chi connectivity index (χ0) is 18.6. The molecule has 0 bridgehead atoms. The molecule has 1 N–H and O–H groups in total. The number of carbonyl (C=O) groups excluding carboxylic acids is 1. The number of hydrogen-bond acceptors (Lipinski definition) is 4. The van der Waals surface area contributed by atoms with Crippen molar-refractivity contribution in [3.63, 3.8) is 0 Å². The Morgan fingerprint density at radius 2 is 1.85 bits per heavy atom. The van der Waals surface area contributed by atoms with Crippen LogP contribution in [0.3, 0.4) is 0 Å². The van der Waals surface area contributed by atoms with Crippen LogP contribution in [-0.4, -0.2) is 57.1 Å². The number of H-pyrrole nitrogens is 1. The number of aryl methyl sites for hydroxylation is 1. The second-order valence-corrected chi connectivity index (χ2v) is 6.92. The summed E-state index contributed by atoms with van der Waals surface area (Å²) >= 11 is 0. The highest BCUT2D eigenvalue weighted by Crippen LogP contribution is 2.19. The number of nitrogens with zero attached hydrogens (tertiary/aromatic N) is 4. The Bertz CT molecular complexity index is 896. The fraction of sp³-hybridized carbons (Fsp3) is 0.286. The Kier molecular flexibility index (Phi) is 4.98. The zero-order valence-electron chi connectivity index (χ0n) is 15.4. The molecular formula is C21H23N5O. The second-order valence-electron chi connectivity index (χ2n) is 6.92. The van der Waals surface area contributed by atoms with E-state index >= 15 is 0 Å². The average molecular weight is 361 g/mol. The Morgan fingerprint density at radius 1 is 1.07 bits per heavy atom. The van der Waals surface area contributed by atoms with Crippen molar-refractivity contribution in [2.45, 2.75) is 13.5 Å². The number of benzene rings is 1. The lowest BCUT2D eigenvalue weighted by Crippen LogP contribution is -2.48. The second kappa shape index (κ2) is 7.72. The van der Waals surface area contributed by atoms with E-state index in [1.165, 1.54) is 5.56 Å². The van der Waals surface area contributed by atoms with E-state index in [1.54, 1.807) is 0 Å². The van der Waals surface area contributed by atoms with Crippen LogP contribution >= 0.6 is 0 Å². The number of nitrogens with one attached hydrogen (secondary N) is 1. The van der Waals surface area contributed by atoms with Crippen molar-refractivity contribution in [2.75, 3.05) is 26.2 Å². The fourth-order valence-corrected chi connectivity index (χ4v) is 3.30. The molecule has 1 saturated heterocycles. The van der Waals surface area contributed by atoms with Crippen LogP contribution in [0.25, 0.3) is 11.3 Å². The Balaban J connectivity index is 1.36. The molecule has 3 aromatic rings. The van der Waals surface area contributed by atoms with E-state index < -0.39 is 0 Å². The van der Waals surface area contributed by atoms with Crippen LogP contribution in [0.4, 0.5) is 0 Å². The van der Waals surface area contributed by atoms with Gasteiger partial charge >= 0.3 is 0 Å². The van der Waals surface area contributed by atoms with Crippen LogP contribution in [0.2, 0.25) is 0 Å². The van der Waals surface area contributed by atoms with Crippen molar-refractivity contribution < 1.29 is 4.79 Å². The molecule has 0 spiro atoms. The topological polar surface area (TPSA) is 65.1 Å². The number of pyridine rings is 1. The van der Waals surface area contributed by atoms with Gasteiger partial charge in [0.15, 0.2) is 0 Å². The van der Waals surface area contributed by atoms with E-state index in [2.05, 4.69) is 27.0 Å². The van der Waals surface area contributed by atoms with E-state index in [1.807, 2.05) is 59.6 Å². The van der Waals surface area contributed by atoms with Crippen LogP contribution in [0, 0.1) is 6.92 Å². The lowest BCUT2D eigenvalue weighted by Gasteiger charge is -2.34. The average Bonchev–Trinajstić information content (AvgIpc) is 3.20. The van der Waals surface area contributed by atoms with Crippen molar-refractivity contribution in [1.82, 2.24) is 25.0 Å². The molecule has 1 aliphatic heterocycles. The SMILES string of the molecule is Cc1ccc(-c2cc(C(=O)N3CCN(Cc4ccccn4)CC3)[nH]n2)cc1.